The number of aliphatic hydroxyl groups is 1. The predicted molar refractivity (Wildman–Crippen MR) is 94.9 cm³/mol. The topological polar surface area (TPSA) is 141 Å². The maximum atomic E-state index is 10.1. The summed E-state index contributed by atoms with van der Waals surface area (Å²) in [4.78, 5) is 30.0. The van der Waals surface area contributed by atoms with Crippen molar-refractivity contribution in [1.29, 1.82) is 0 Å². The molecule has 0 saturated heterocycles. The number of aliphatic carboxylic acids is 3. The number of rotatable bonds is 15. The Bertz CT molecular complexity index is 387. The van der Waals surface area contributed by atoms with Gasteiger partial charge in [0.1, 0.15) is 5.60 Å². The van der Waals surface area contributed by atoms with E-state index < -0.39 is 36.4 Å². The molecule has 0 rings (SSSR count). The SMILES string of the molecule is CCCCCCCCCCCCS.O=C([O-])CC(O)(CC(=O)[O-])C(=O)[O-].[Na+].[Na+].[Na+]. The van der Waals surface area contributed by atoms with Crippen LogP contribution in [-0.4, -0.2) is 34.4 Å². The van der Waals surface area contributed by atoms with Gasteiger partial charge in [-0.2, -0.15) is 12.6 Å². The van der Waals surface area contributed by atoms with E-state index in [1.807, 2.05) is 0 Å². The largest absolute Gasteiger partial charge is 1.00 e. The molecule has 0 bridgehead atoms. The molecule has 0 aliphatic carbocycles. The number of carboxylic acids is 3. The van der Waals surface area contributed by atoms with E-state index in [1.165, 1.54) is 64.2 Å². The molecule has 0 aliphatic rings. The first-order valence-corrected chi connectivity index (χ1v) is 9.77. The molecule has 0 heterocycles. The summed E-state index contributed by atoms with van der Waals surface area (Å²) in [5, 5.41) is 38.9. The number of unbranched alkanes of at least 4 members (excludes halogenated alkanes) is 9. The van der Waals surface area contributed by atoms with Gasteiger partial charge in [0.15, 0.2) is 0 Å². The zero-order valence-corrected chi connectivity index (χ0v) is 25.4. The van der Waals surface area contributed by atoms with Crippen LogP contribution in [0.2, 0.25) is 0 Å². The van der Waals surface area contributed by atoms with Crippen LogP contribution in [0.15, 0.2) is 0 Å². The fraction of sp³-hybridized carbons (Fsp3) is 0.833. The first kappa shape index (κ1) is 41.0. The van der Waals surface area contributed by atoms with Crippen molar-refractivity contribution >= 4 is 30.5 Å². The van der Waals surface area contributed by atoms with E-state index >= 15 is 0 Å². The van der Waals surface area contributed by atoms with Gasteiger partial charge >= 0.3 is 88.7 Å². The molecule has 0 radical (unpaired) electrons. The van der Waals surface area contributed by atoms with Crippen LogP contribution in [0.3, 0.4) is 0 Å². The van der Waals surface area contributed by atoms with Gasteiger partial charge in [0.25, 0.3) is 0 Å². The van der Waals surface area contributed by atoms with Crippen molar-refractivity contribution in [2.75, 3.05) is 5.75 Å². The van der Waals surface area contributed by atoms with Crippen LogP contribution >= 0.6 is 12.6 Å². The number of carbonyl (C=O) groups is 3. The fourth-order valence-electron chi connectivity index (χ4n) is 2.28. The minimum atomic E-state index is -2.97. The Kier molecular flexibility index (Phi) is 39.3. The number of hydrogen-bond acceptors (Lipinski definition) is 8. The van der Waals surface area contributed by atoms with Crippen LogP contribution in [0.5, 0.6) is 0 Å². The average Bonchev–Trinajstić information content (AvgIpc) is 2.52. The number of carboxylic acid groups (broad SMARTS) is 3. The molecule has 154 valence electrons. The maximum Gasteiger partial charge on any atom is 1.00 e. The van der Waals surface area contributed by atoms with Gasteiger partial charge in [0.05, 0.1) is 5.97 Å². The van der Waals surface area contributed by atoms with Gasteiger partial charge in [-0.3, -0.25) is 0 Å². The van der Waals surface area contributed by atoms with Gasteiger partial charge in [-0.25, -0.2) is 0 Å². The van der Waals surface area contributed by atoms with Crippen LogP contribution in [0, 0.1) is 0 Å². The molecule has 0 aliphatic heterocycles. The van der Waals surface area contributed by atoms with Gasteiger partial charge < -0.3 is 34.8 Å². The Labute approximate surface area is 246 Å². The van der Waals surface area contributed by atoms with Crippen molar-refractivity contribution < 1.29 is 123 Å². The van der Waals surface area contributed by atoms with Crippen LogP contribution in [0.1, 0.15) is 84.0 Å². The summed E-state index contributed by atoms with van der Waals surface area (Å²) < 4.78 is 0. The van der Waals surface area contributed by atoms with Gasteiger partial charge in [0.2, 0.25) is 0 Å². The molecule has 0 fully saturated rings. The molecule has 0 amide bonds. The smallest absolute Gasteiger partial charge is 0.550 e. The number of carbonyl (C=O) groups excluding carboxylic acids is 3. The summed E-state index contributed by atoms with van der Waals surface area (Å²) >= 11 is 4.20. The third-order valence-electron chi connectivity index (χ3n) is 3.77. The van der Waals surface area contributed by atoms with E-state index in [0.717, 1.165) is 5.75 Å². The van der Waals surface area contributed by atoms with E-state index in [1.54, 1.807) is 0 Å². The van der Waals surface area contributed by atoms with E-state index in [0.29, 0.717) is 0 Å². The molecule has 0 atom stereocenters. The summed E-state index contributed by atoms with van der Waals surface area (Å²) in [6.07, 6.45) is 11.5. The Morgan fingerprint density at radius 1 is 0.724 bits per heavy atom. The van der Waals surface area contributed by atoms with Gasteiger partial charge in [-0.15, -0.1) is 0 Å². The molecule has 11 heteroatoms. The van der Waals surface area contributed by atoms with E-state index in [4.69, 9.17) is 5.11 Å². The van der Waals surface area contributed by atoms with Gasteiger partial charge in [-0.1, -0.05) is 64.7 Å². The quantitative estimate of drug-likeness (QED) is 0.140. The Morgan fingerprint density at radius 3 is 1.28 bits per heavy atom. The summed E-state index contributed by atoms with van der Waals surface area (Å²) in [6, 6.07) is 0. The monoisotopic (exact) mass is 460 g/mol. The third-order valence-corrected chi connectivity index (χ3v) is 4.08. The van der Waals surface area contributed by atoms with Crippen molar-refractivity contribution in [1.82, 2.24) is 0 Å². The van der Waals surface area contributed by atoms with E-state index in [9.17, 15) is 29.7 Å². The molecule has 0 aromatic heterocycles. The number of hydrogen-bond donors (Lipinski definition) is 2. The predicted octanol–water partition coefficient (Wildman–Crippen LogP) is -9.40. The molecule has 0 aromatic rings. The third kappa shape index (κ3) is 29.7. The second-order valence-corrected chi connectivity index (χ2v) is 6.77. The summed E-state index contributed by atoms with van der Waals surface area (Å²) in [5.41, 5.74) is -2.97. The summed E-state index contributed by atoms with van der Waals surface area (Å²) in [5.74, 6) is -4.92. The first-order chi connectivity index (χ1) is 12.2. The molecule has 29 heavy (non-hydrogen) atoms. The molecule has 7 nitrogen and oxygen atoms in total. The Morgan fingerprint density at radius 2 is 1.03 bits per heavy atom. The zero-order chi connectivity index (χ0) is 20.4. The molecular weight excluding hydrogens is 429 g/mol. The Balaban J connectivity index is -0.000000120. The second kappa shape index (κ2) is 27.8. The fourth-order valence-corrected chi connectivity index (χ4v) is 2.51. The zero-order valence-electron chi connectivity index (χ0n) is 18.5. The Hall–Kier alpha value is 1.72. The van der Waals surface area contributed by atoms with Crippen LogP contribution in [0.4, 0.5) is 0 Å². The van der Waals surface area contributed by atoms with Crippen LogP contribution < -0.4 is 104 Å². The molecule has 0 aromatic carbocycles. The first-order valence-electron chi connectivity index (χ1n) is 9.14. The minimum Gasteiger partial charge on any atom is -0.550 e. The van der Waals surface area contributed by atoms with E-state index in [2.05, 4.69) is 19.6 Å². The van der Waals surface area contributed by atoms with Crippen molar-refractivity contribution in [3.05, 3.63) is 0 Å². The molecular formula is C18H31Na3O7S. The molecule has 1 N–H and O–H groups in total. The van der Waals surface area contributed by atoms with Crippen LogP contribution in [0.25, 0.3) is 0 Å². The summed E-state index contributed by atoms with van der Waals surface area (Å²) in [7, 11) is 0. The van der Waals surface area contributed by atoms with E-state index in [-0.39, 0.29) is 88.7 Å². The molecule has 0 unspecified atom stereocenters. The van der Waals surface area contributed by atoms with Gasteiger partial charge in [0, 0.05) is 24.8 Å². The minimum absolute atomic E-state index is 0. The molecule has 0 saturated carbocycles. The maximum absolute atomic E-state index is 10.1. The van der Waals surface area contributed by atoms with Crippen molar-refractivity contribution in [3.8, 4) is 0 Å². The summed E-state index contributed by atoms with van der Waals surface area (Å²) in [6.45, 7) is 2.28. The molecule has 0 spiro atoms. The van der Waals surface area contributed by atoms with Crippen LogP contribution in [-0.2, 0) is 14.4 Å². The second-order valence-electron chi connectivity index (χ2n) is 6.32. The number of thiol groups is 1. The van der Waals surface area contributed by atoms with Crippen molar-refractivity contribution in [2.45, 2.75) is 89.6 Å². The standard InChI is InChI=1S/C12H26S.C6H8O7.3Na/c1-2-3-4-5-6-7-8-9-10-11-12-13;7-3(8)1-6(13,5(11)12)2-4(9)10;;;/h13H,2-12H2,1H3;13H,1-2H2,(H,7,8)(H,9,10)(H,11,12);;;/q;;3*+1/p-3. The van der Waals surface area contributed by atoms with Crippen molar-refractivity contribution in [3.63, 3.8) is 0 Å². The van der Waals surface area contributed by atoms with Crippen molar-refractivity contribution in [2.24, 2.45) is 0 Å². The average molecular weight is 460 g/mol. The van der Waals surface area contributed by atoms with Gasteiger partial charge in [-0.05, 0) is 12.2 Å². The normalized spacial score (nSPS) is 9.62.